The van der Waals surface area contributed by atoms with Gasteiger partial charge in [0, 0.05) is 23.0 Å². The molecule has 0 bridgehead atoms. The van der Waals surface area contributed by atoms with E-state index < -0.39 is 9.84 Å². The van der Waals surface area contributed by atoms with Crippen LogP contribution in [0.2, 0.25) is 5.02 Å². The van der Waals surface area contributed by atoms with Crippen molar-refractivity contribution in [2.75, 3.05) is 11.6 Å². The maximum Gasteiger partial charge on any atom is 0.151 e. The fourth-order valence-electron chi connectivity index (χ4n) is 2.65. The molecule has 0 spiro atoms. The van der Waals surface area contributed by atoms with Crippen LogP contribution in [0.4, 0.5) is 5.69 Å². The van der Waals surface area contributed by atoms with Gasteiger partial charge in [-0.25, -0.2) is 8.42 Å². The van der Waals surface area contributed by atoms with Gasteiger partial charge in [-0.3, -0.25) is 0 Å². The lowest BCUT2D eigenvalue weighted by Crippen LogP contribution is -2.17. The van der Waals surface area contributed by atoms with E-state index in [0.29, 0.717) is 11.1 Å². The van der Waals surface area contributed by atoms with E-state index >= 15 is 0 Å². The minimum absolute atomic E-state index is 0.0504. The summed E-state index contributed by atoms with van der Waals surface area (Å²) in [6.45, 7) is 2.25. The van der Waals surface area contributed by atoms with Crippen LogP contribution in [-0.2, 0) is 15.6 Å². The Morgan fingerprint density at radius 1 is 1.37 bits per heavy atom. The van der Waals surface area contributed by atoms with Crippen molar-refractivity contribution in [1.82, 2.24) is 0 Å². The quantitative estimate of drug-likeness (QED) is 0.926. The van der Waals surface area contributed by atoms with Gasteiger partial charge in [0.2, 0.25) is 0 Å². The summed E-state index contributed by atoms with van der Waals surface area (Å²) < 4.78 is 22.9. The molecule has 1 fully saturated rings. The molecular formula is C14H20ClNO2S. The zero-order valence-corrected chi connectivity index (χ0v) is 12.9. The molecule has 2 rings (SSSR count). The molecule has 0 aliphatic heterocycles. The SMILES string of the molecule is C[C@H]1CC[C@@H](Nc2cc(Cl)ccc2CS(C)(=O)=O)C1. The van der Waals surface area contributed by atoms with Gasteiger partial charge >= 0.3 is 0 Å². The van der Waals surface area contributed by atoms with Gasteiger partial charge < -0.3 is 5.32 Å². The Hall–Kier alpha value is -0.740. The third-order valence-corrected chi connectivity index (χ3v) is 4.61. The Morgan fingerprint density at radius 2 is 2.11 bits per heavy atom. The van der Waals surface area contributed by atoms with Crippen molar-refractivity contribution in [3.05, 3.63) is 28.8 Å². The summed E-state index contributed by atoms with van der Waals surface area (Å²) in [7, 11) is -3.04. The van der Waals surface area contributed by atoms with Crippen LogP contribution in [0, 0.1) is 5.92 Å². The molecule has 1 aliphatic carbocycles. The first-order valence-electron chi connectivity index (χ1n) is 6.56. The topological polar surface area (TPSA) is 46.2 Å². The highest BCUT2D eigenvalue weighted by Crippen LogP contribution is 2.30. The Balaban J connectivity index is 2.20. The Morgan fingerprint density at radius 3 is 2.68 bits per heavy atom. The molecule has 1 aromatic rings. The largest absolute Gasteiger partial charge is 0.382 e. The van der Waals surface area contributed by atoms with E-state index in [9.17, 15) is 8.42 Å². The van der Waals surface area contributed by atoms with Gasteiger partial charge in [0.15, 0.2) is 9.84 Å². The van der Waals surface area contributed by atoms with Crippen molar-refractivity contribution in [2.24, 2.45) is 5.92 Å². The fourth-order valence-corrected chi connectivity index (χ4v) is 3.64. The zero-order chi connectivity index (χ0) is 14.0. The van der Waals surface area contributed by atoms with Gasteiger partial charge in [-0.2, -0.15) is 0 Å². The molecule has 1 aromatic carbocycles. The molecular weight excluding hydrogens is 282 g/mol. The van der Waals surface area contributed by atoms with Crippen molar-refractivity contribution < 1.29 is 8.42 Å². The molecule has 0 heterocycles. The molecule has 0 aromatic heterocycles. The van der Waals surface area contributed by atoms with Gasteiger partial charge in [-0.1, -0.05) is 24.6 Å². The van der Waals surface area contributed by atoms with Crippen molar-refractivity contribution in [3.8, 4) is 0 Å². The van der Waals surface area contributed by atoms with Crippen LogP contribution >= 0.6 is 11.6 Å². The van der Waals surface area contributed by atoms with Crippen LogP contribution < -0.4 is 5.32 Å². The van der Waals surface area contributed by atoms with Crippen molar-refractivity contribution in [1.29, 1.82) is 0 Å². The zero-order valence-electron chi connectivity index (χ0n) is 11.3. The molecule has 2 atom stereocenters. The molecule has 0 unspecified atom stereocenters. The highest BCUT2D eigenvalue weighted by molar-refractivity contribution is 7.89. The number of hydrogen-bond donors (Lipinski definition) is 1. The Kier molecular flexibility index (Phi) is 4.41. The lowest BCUT2D eigenvalue weighted by Gasteiger charge is -2.17. The van der Waals surface area contributed by atoms with E-state index in [1.54, 1.807) is 12.1 Å². The predicted octanol–water partition coefficient (Wildman–Crippen LogP) is 3.49. The standard InChI is InChI=1S/C14H20ClNO2S/c1-10-3-6-13(7-10)16-14-8-12(15)5-4-11(14)9-19(2,17)18/h4-5,8,10,13,16H,3,6-7,9H2,1-2H3/t10-,13+/m0/s1. The second-order valence-corrected chi connectivity index (χ2v) is 8.21. The number of sulfone groups is 1. The average molecular weight is 302 g/mol. The number of hydrogen-bond acceptors (Lipinski definition) is 3. The highest BCUT2D eigenvalue weighted by atomic mass is 35.5. The first kappa shape index (κ1) is 14.7. The maximum atomic E-state index is 11.5. The molecule has 0 saturated heterocycles. The molecule has 5 heteroatoms. The average Bonchev–Trinajstić information content (AvgIpc) is 2.66. The molecule has 0 radical (unpaired) electrons. The van der Waals surface area contributed by atoms with E-state index in [1.165, 1.54) is 12.7 Å². The number of rotatable bonds is 4. The van der Waals surface area contributed by atoms with E-state index in [-0.39, 0.29) is 5.75 Å². The number of benzene rings is 1. The fraction of sp³-hybridized carbons (Fsp3) is 0.571. The van der Waals surface area contributed by atoms with Crippen LogP contribution in [0.1, 0.15) is 31.7 Å². The molecule has 1 N–H and O–H groups in total. The molecule has 19 heavy (non-hydrogen) atoms. The van der Waals surface area contributed by atoms with E-state index in [0.717, 1.165) is 30.0 Å². The smallest absolute Gasteiger partial charge is 0.151 e. The number of nitrogens with one attached hydrogen (secondary N) is 1. The normalized spacial score (nSPS) is 23.5. The monoisotopic (exact) mass is 301 g/mol. The lowest BCUT2D eigenvalue weighted by atomic mass is 10.1. The molecule has 1 aliphatic rings. The van der Waals surface area contributed by atoms with Gasteiger partial charge in [0.1, 0.15) is 0 Å². The van der Waals surface area contributed by atoms with Crippen molar-refractivity contribution in [3.63, 3.8) is 0 Å². The van der Waals surface area contributed by atoms with Crippen molar-refractivity contribution in [2.45, 2.75) is 38.0 Å². The van der Waals surface area contributed by atoms with Crippen LogP contribution in [0.3, 0.4) is 0 Å². The number of halogens is 1. The minimum Gasteiger partial charge on any atom is -0.382 e. The molecule has 3 nitrogen and oxygen atoms in total. The summed E-state index contributed by atoms with van der Waals surface area (Å²) in [6, 6.07) is 5.78. The Labute approximate surface area is 120 Å². The summed E-state index contributed by atoms with van der Waals surface area (Å²) in [5.41, 5.74) is 1.66. The van der Waals surface area contributed by atoms with Gasteiger partial charge in [-0.05, 0) is 42.9 Å². The summed E-state index contributed by atoms with van der Waals surface area (Å²) in [4.78, 5) is 0. The predicted molar refractivity (Wildman–Crippen MR) is 80.4 cm³/mol. The summed E-state index contributed by atoms with van der Waals surface area (Å²) in [5, 5.41) is 4.08. The highest BCUT2D eigenvalue weighted by Gasteiger charge is 2.22. The lowest BCUT2D eigenvalue weighted by molar-refractivity contribution is 0.600. The molecule has 1 saturated carbocycles. The molecule has 106 valence electrons. The van der Waals surface area contributed by atoms with Crippen LogP contribution in [0.5, 0.6) is 0 Å². The molecule has 0 amide bonds. The van der Waals surface area contributed by atoms with E-state index in [4.69, 9.17) is 11.6 Å². The van der Waals surface area contributed by atoms with E-state index in [1.807, 2.05) is 6.07 Å². The third-order valence-electron chi connectivity index (χ3n) is 3.54. The second kappa shape index (κ2) is 5.71. The van der Waals surface area contributed by atoms with Gasteiger partial charge in [0.25, 0.3) is 0 Å². The second-order valence-electron chi connectivity index (χ2n) is 5.63. The Bertz CT molecular complexity index is 557. The van der Waals surface area contributed by atoms with E-state index in [2.05, 4.69) is 12.2 Å². The maximum absolute atomic E-state index is 11.5. The van der Waals surface area contributed by atoms with Crippen molar-refractivity contribution >= 4 is 27.1 Å². The first-order valence-corrected chi connectivity index (χ1v) is 9.00. The summed E-state index contributed by atoms with van der Waals surface area (Å²) >= 11 is 6.01. The summed E-state index contributed by atoms with van der Waals surface area (Å²) in [5.74, 6) is 0.782. The first-order chi connectivity index (χ1) is 8.83. The van der Waals surface area contributed by atoms with Gasteiger partial charge in [-0.15, -0.1) is 0 Å². The van der Waals surface area contributed by atoms with Crippen LogP contribution in [-0.4, -0.2) is 20.7 Å². The minimum atomic E-state index is -3.04. The van der Waals surface area contributed by atoms with Gasteiger partial charge in [0.05, 0.1) is 5.75 Å². The summed E-state index contributed by atoms with van der Waals surface area (Å²) in [6.07, 6.45) is 4.74. The number of anilines is 1. The van der Waals surface area contributed by atoms with Crippen LogP contribution in [0.15, 0.2) is 18.2 Å². The third kappa shape index (κ3) is 4.39. The van der Waals surface area contributed by atoms with Crippen LogP contribution in [0.25, 0.3) is 0 Å².